The molecule has 2 amide bonds. The van der Waals surface area contributed by atoms with Crippen LogP contribution < -0.4 is 5.32 Å². The van der Waals surface area contributed by atoms with E-state index in [1.54, 1.807) is 31.0 Å². The van der Waals surface area contributed by atoms with Crippen LogP contribution in [0.2, 0.25) is 5.02 Å². The van der Waals surface area contributed by atoms with Crippen molar-refractivity contribution in [2.75, 3.05) is 13.6 Å². The first kappa shape index (κ1) is 16.8. The van der Waals surface area contributed by atoms with Gasteiger partial charge in [0, 0.05) is 25.0 Å². The van der Waals surface area contributed by atoms with Crippen molar-refractivity contribution >= 4 is 23.4 Å². The van der Waals surface area contributed by atoms with Gasteiger partial charge in [-0.3, -0.25) is 9.59 Å². The molecule has 2 N–H and O–H groups in total. The summed E-state index contributed by atoms with van der Waals surface area (Å²) < 4.78 is 0. The molecule has 0 aromatic heterocycles. The molecule has 22 heavy (non-hydrogen) atoms. The van der Waals surface area contributed by atoms with Crippen molar-refractivity contribution < 1.29 is 14.7 Å². The number of hydrogen-bond acceptors (Lipinski definition) is 3. The van der Waals surface area contributed by atoms with Crippen LogP contribution in [0.25, 0.3) is 0 Å². The molecule has 0 saturated carbocycles. The zero-order chi connectivity index (χ0) is 16.3. The molecule has 1 aliphatic rings. The van der Waals surface area contributed by atoms with E-state index in [1.165, 1.54) is 0 Å². The maximum Gasteiger partial charge on any atom is 0.226 e. The summed E-state index contributed by atoms with van der Waals surface area (Å²) in [6.07, 6.45) is 0.218. The number of hydrogen-bond donors (Lipinski definition) is 2. The van der Waals surface area contributed by atoms with Crippen molar-refractivity contribution in [2.24, 2.45) is 5.92 Å². The second-order valence-electron chi connectivity index (χ2n) is 5.74. The molecule has 2 rings (SSSR count). The standard InChI is InChI=1S/C16H21ClN2O3/c1-10(20)6-7-18-16(22)13-9-14(21)19(2)15(13)11-4-3-5-12(17)8-11/h3-5,8,10,13,15,20H,6-7,9H2,1-2H3,(H,18,22). The fourth-order valence-electron chi connectivity index (χ4n) is 2.79. The van der Waals surface area contributed by atoms with Crippen LogP contribution in [0.1, 0.15) is 31.4 Å². The molecular formula is C16H21ClN2O3. The highest BCUT2D eigenvalue weighted by Crippen LogP contribution is 2.37. The minimum absolute atomic E-state index is 0.0550. The molecule has 1 heterocycles. The van der Waals surface area contributed by atoms with Crippen LogP contribution in [0.5, 0.6) is 0 Å². The van der Waals surface area contributed by atoms with Crippen LogP contribution in [-0.2, 0) is 9.59 Å². The number of aliphatic hydroxyl groups excluding tert-OH is 1. The van der Waals surface area contributed by atoms with E-state index in [0.29, 0.717) is 18.0 Å². The Balaban J connectivity index is 2.14. The zero-order valence-electron chi connectivity index (χ0n) is 12.8. The van der Waals surface area contributed by atoms with E-state index < -0.39 is 12.0 Å². The largest absolute Gasteiger partial charge is 0.393 e. The van der Waals surface area contributed by atoms with Gasteiger partial charge >= 0.3 is 0 Å². The number of likely N-dealkylation sites (tertiary alicyclic amines) is 1. The number of nitrogens with zero attached hydrogens (tertiary/aromatic N) is 1. The highest BCUT2D eigenvalue weighted by molar-refractivity contribution is 6.30. The number of benzene rings is 1. The summed E-state index contributed by atoms with van der Waals surface area (Å²) in [7, 11) is 1.71. The van der Waals surface area contributed by atoms with Gasteiger partial charge in [0.1, 0.15) is 0 Å². The summed E-state index contributed by atoms with van der Waals surface area (Å²) >= 11 is 6.02. The van der Waals surface area contributed by atoms with Gasteiger partial charge in [0.05, 0.1) is 18.1 Å². The molecule has 1 fully saturated rings. The molecule has 1 saturated heterocycles. The van der Waals surface area contributed by atoms with Gasteiger partial charge in [0.15, 0.2) is 0 Å². The number of amides is 2. The van der Waals surface area contributed by atoms with Crippen molar-refractivity contribution in [1.82, 2.24) is 10.2 Å². The van der Waals surface area contributed by atoms with E-state index in [4.69, 9.17) is 11.6 Å². The minimum Gasteiger partial charge on any atom is -0.393 e. The van der Waals surface area contributed by atoms with Gasteiger partial charge in [-0.1, -0.05) is 23.7 Å². The van der Waals surface area contributed by atoms with Crippen LogP contribution >= 0.6 is 11.6 Å². The SMILES string of the molecule is CC(O)CCNC(=O)C1CC(=O)N(C)C1c1cccc(Cl)c1. The van der Waals surface area contributed by atoms with Gasteiger partial charge in [-0.2, -0.15) is 0 Å². The molecule has 1 aromatic carbocycles. The number of halogens is 1. The lowest BCUT2D eigenvalue weighted by molar-refractivity contribution is -0.128. The first-order chi connectivity index (χ1) is 10.4. The number of carbonyl (C=O) groups excluding carboxylic acids is 2. The van der Waals surface area contributed by atoms with Crippen LogP contribution in [0.15, 0.2) is 24.3 Å². The smallest absolute Gasteiger partial charge is 0.226 e. The van der Waals surface area contributed by atoms with Crippen molar-refractivity contribution in [3.05, 3.63) is 34.9 Å². The van der Waals surface area contributed by atoms with Gasteiger partial charge in [-0.15, -0.1) is 0 Å². The first-order valence-corrected chi connectivity index (χ1v) is 7.75. The predicted octanol–water partition coefficient (Wildman–Crippen LogP) is 1.75. The molecule has 0 aliphatic carbocycles. The Labute approximate surface area is 135 Å². The minimum atomic E-state index is -0.461. The van der Waals surface area contributed by atoms with Crippen LogP contribution in [-0.4, -0.2) is 41.5 Å². The lowest BCUT2D eigenvalue weighted by atomic mass is 9.93. The summed E-state index contributed by atoms with van der Waals surface area (Å²) in [5, 5.41) is 12.6. The average molecular weight is 325 g/mol. The van der Waals surface area contributed by atoms with Crippen molar-refractivity contribution in [3.8, 4) is 0 Å². The van der Waals surface area contributed by atoms with E-state index >= 15 is 0 Å². The number of rotatable bonds is 5. The summed E-state index contributed by atoms with van der Waals surface area (Å²) in [5.41, 5.74) is 0.858. The van der Waals surface area contributed by atoms with Crippen molar-refractivity contribution in [2.45, 2.75) is 31.9 Å². The molecule has 6 heteroatoms. The molecule has 0 bridgehead atoms. The van der Waals surface area contributed by atoms with Crippen LogP contribution in [0.3, 0.4) is 0 Å². The zero-order valence-corrected chi connectivity index (χ0v) is 13.5. The van der Waals surface area contributed by atoms with Gasteiger partial charge < -0.3 is 15.3 Å². The molecule has 120 valence electrons. The fourth-order valence-corrected chi connectivity index (χ4v) is 2.99. The normalized spacial score (nSPS) is 22.7. The monoisotopic (exact) mass is 324 g/mol. The predicted molar refractivity (Wildman–Crippen MR) is 84.4 cm³/mol. The summed E-state index contributed by atoms with van der Waals surface area (Å²) in [6.45, 7) is 2.07. The number of nitrogens with one attached hydrogen (secondary N) is 1. The molecule has 3 atom stereocenters. The first-order valence-electron chi connectivity index (χ1n) is 7.37. The lowest BCUT2D eigenvalue weighted by Crippen LogP contribution is -2.35. The van der Waals surface area contributed by atoms with Crippen molar-refractivity contribution in [1.29, 1.82) is 0 Å². The Morgan fingerprint density at radius 2 is 2.27 bits per heavy atom. The number of carbonyl (C=O) groups is 2. The van der Waals surface area contributed by atoms with Crippen molar-refractivity contribution in [3.63, 3.8) is 0 Å². The topological polar surface area (TPSA) is 69.6 Å². The van der Waals surface area contributed by atoms with E-state index in [0.717, 1.165) is 5.56 Å². The quantitative estimate of drug-likeness (QED) is 0.867. The third kappa shape index (κ3) is 3.78. The maximum absolute atomic E-state index is 12.4. The van der Waals surface area contributed by atoms with Crippen LogP contribution in [0.4, 0.5) is 0 Å². The Hall–Kier alpha value is -1.59. The number of aliphatic hydroxyl groups is 1. The Kier molecular flexibility index (Phi) is 5.42. The average Bonchev–Trinajstić information content (AvgIpc) is 2.74. The van der Waals surface area contributed by atoms with Gasteiger partial charge in [-0.25, -0.2) is 0 Å². The van der Waals surface area contributed by atoms with E-state index in [1.807, 2.05) is 12.1 Å². The summed E-state index contributed by atoms with van der Waals surface area (Å²) in [5.74, 6) is -0.658. The Bertz CT molecular complexity index is 562. The summed E-state index contributed by atoms with van der Waals surface area (Å²) in [4.78, 5) is 26.0. The van der Waals surface area contributed by atoms with Gasteiger partial charge in [0.25, 0.3) is 0 Å². The maximum atomic E-state index is 12.4. The van der Waals surface area contributed by atoms with E-state index in [9.17, 15) is 14.7 Å². The Morgan fingerprint density at radius 1 is 1.55 bits per heavy atom. The highest BCUT2D eigenvalue weighted by atomic mass is 35.5. The highest BCUT2D eigenvalue weighted by Gasteiger charge is 2.42. The lowest BCUT2D eigenvalue weighted by Gasteiger charge is -2.25. The Morgan fingerprint density at radius 3 is 2.91 bits per heavy atom. The van der Waals surface area contributed by atoms with E-state index in [-0.39, 0.29) is 24.3 Å². The molecular weight excluding hydrogens is 304 g/mol. The summed E-state index contributed by atoms with van der Waals surface area (Å²) in [6, 6.07) is 6.94. The molecule has 0 spiro atoms. The fraction of sp³-hybridized carbons (Fsp3) is 0.500. The second kappa shape index (κ2) is 7.11. The van der Waals surface area contributed by atoms with Gasteiger partial charge in [-0.05, 0) is 31.0 Å². The van der Waals surface area contributed by atoms with E-state index in [2.05, 4.69) is 5.32 Å². The molecule has 0 radical (unpaired) electrons. The molecule has 1 aromatic rings. The van der Waals surface area contributed by atoms with Crippen LogP contribution in [0, 0.1) is 5.92 Å². The molecule has 1 aliphatic heterocycles. The third-order valence-corrected chi connectivity index (χ3v) is 4.21. The molecule has 3 unspecified atom stereocenters. The van der Waals surface area contributed by atoms with Gasteiger partial charge in [0.2, 0.25) is 11.8 Å². The molecule has 5 nitrogen and oxygen atoms in total. The second-order valence-corrected chi connectivity index (χ2v) is 6.18. The third-order valence-electron chi connectivity index (χ3n) is 3.97.